The Morgan fingerprint density at radius 2 is 1.50 bits per heavy atom. The molecule has 0 saturated carbocycles. The Labute approximate surface area is 108 Å². The fourth-order valence-corrected chi connectivity index (χ4v) is 2.55. The summed E-state index contributed by atoms with van der Waals surface area (Å²) in [6.07, 6.45) is 0. The molecule has 1 N–H and O–H groups in total. The van der Waals surface area contributed by atoms with Gasteiger partial charge in [0.25, 0.3) is 0 Å². The van der Waals surface area contributed by atoms with Gasteiger partial charge in [0.15, 0.2) is 0 Å². The van der Waals surface area contributed by atoms with Crippen LogP contribution in [0.25, 0.3) is 0 Å². The summed E-state index contributed by atoms with van der Waals surface area (Å²) in [7, 11) is -1.26. The summed E-state index contributed by atoms with van der Waals surface area (Å²) in [6.45, 7) is -0.0240. The van der Waals surface area contributed by atoms with Crippen LogP contribution in [0, 0.1) is 11.3 Å². The van der Waals surface area contributed by atoms with E-state index < -0.39 is 10.8 Å². The summed E-state index contributed by atoms with van der Waals surface area (Å²) in [5.74, 6) is 0. The van der Waals surface area contributed by atoms with Crippen molar-refractivity contribution in [2.75, 3.05) is 0 Å². The molecule has 0 spiro atoms. The van der Waals surface area contributed by atoms with Gasteiger partial charge in [-0.2, -0.15) is 5.26 Å². The number of hydrogen-bond acceptors (Lipinski definition) is 3. The molecule has 2 aromatic carbocycles. The molecule has 0 unspecified atom stereocenters. The molecule has 0 radical (unpaired) electrons. The fraction of sp³-hybridized carbons (Fsp3) is 0.0714. The van der Waals surface area contributed by atoms with Crippen molar-refractivity contribution in [1.82, 2.24) is 0 Å². The van der Waals surface area contributed by atoms with Gasteiger partial charge >= 0.3 is 0 Å². The Kier molecular flexibility index (Phi) is 3.88. The predicted molar refractivity (Wildman–Crippen MR) is 68.2 cm³/mol. The normalized spacial score (nSPS) is 11.8. The minimum Gasteiger partial charge on any atom is -0.392 e. The Morgan fingerprint density at radius 1 is 1.00 bits per heavy atom. The van der Waals surface area contributed by atoms with Gasteiger partial charge in [-0.3, -0.25) is 0 Å². The third-order valence-electron chi connectivity index (χ3n) is 2.52. The molecule has 0 heterocycles. The molecule has 0 aliphatic heterocycles. The topological polar surface area (TPSA) is 61.1 Å². The Hall–Kier alpha value is -1.96. The molecule has 0 saturated heterocycles. The zero-order valence-electron chi connectivity index (χ0n) is 9.54. The Balaban J connectivity index is 2.26. The number of aliphatic hydroxyl groups excluding tert-OH is 1. The molecule has 0 amide bonds. The molecule has 18 heavy (non-hydrogen) atoms. The van der Waals surface area contributed by atoms with E-state index in [1.807, 2.05) is 6.07 Å². The van der Waals surface area contributed by atoms with Crippen molar-refractivity contribution in [3.63, 3.8) is 0 Å². The fourth-order valence-electron chi connectivity index (χ4n) is 1.51. The van der Waals surface area contributed by atoms with Crippen molar-refractivity contribution in [2.45, 2.75) is 16.4 Å². The van der Waals surface area contributed by atoms with Crippen LogP contribution < -0.4 is 0 Å². The lowest BCUT2D eigenvalue weighted by Gasteiger charge is -2.03. The monoisotopic (exact) mass is 257 g/mol. The molecule has 2 aromatic rings. The summed E-state index contributed by atoms with van der Waals surface area (Å²) in [6, 6.07) is 15.7. The minimum absolute atomic E-state index is 0.0240. The molecule has 2 rings (SSSR count). The van der Waals surface area contributed by atoms with E-state index in [4.69, 9.17) is 10.4 Å². The first kappa shape index (κ1) is 12.5. The molecule has 3 nitrogen and oxygen atoms in total. The summed E-state index contributed by atoms with van der Waals surface area (Å²) in [4.78, 5) is 1.34. The van der Waals surface area contributed by atoms with Crippen LogP contribution in [0.4, 0.5) is 0 Å². The first-order valence-corrected chi connectivity index (χ1v) is 6.51. The number of rotatable bonds is 3. The summed E-state index contributed by atoms with van der Waals surface area (Å²) >= 11 is 0. The van der Waals surface area contributed by atoms with E-state index in [1.54, 1.807) is 48.5 Å². The van der Waals surface area contributed by atoms with Gasteiger partial charge in [-0.05, 0) is 42.0 Å². The van der Waals surface area contributed by atoms with Crippen LogP contribution >= 0.6 is 0 Å². The number of aliphatic hydroxyl groups is 1. The van der Waals surface area contributed by atoms with E-state index in [-0.39, 0.29) is 6.61 Å². The zero-order valence-corrected chi connectivity index (χ0v) is 10.4. The van der Waals surface area contributed by atoms with Gasteiger partial charge in [-0.25, -0.2) is 4.21 Å². The molecule has 90 valence electrons. The van der Waals surface area contributed by atoms with Crippen molar-refractivity contribution in [3.8, 4) is 6.07 Å². The summed E-state index contributed by atoms with van der Waals surface area (Å²) < 4.78 is 12.2. The Bertz CT molecular complexity index is 597. The van der Waals surface area contributed by atoms with E-state index in [1.165, 1.54) is 0 Å². The average molecular weight is 257 g/mol. The maximum atomic E-state index is 12.2. The minimum atomic E-state index is -1.26. The Morgan fingerprint density at radius 3 is 1.94 bits per heavy atom. The van der Waals surface area contributed by atoms with Crippen LogP contribution in [0.5, 0.6) is 0 Å². The lowest BCUT2D eigenvalue weighted by molar-refractivity contribution is 0.282. The predicted octanol–water partition coefficient (Wildman–Crippen LogP) is 2.22. The quantitative estimate of drug-likeness (QED) is 0.917. The molecular weight excluding hydrogens is 246 g/mol. The average Bonchev–Trinajstić information content (AvgIpc) is 2.47. The lowest BCUT2D eigenvalue weighted by Crippen LogP contribution is -1.93. The van der Waals surface area contributed by atoms with Gasteiger partial charge in [0, 0.05) is 9.79 Å². The maximum Gasteiger partial charge on any atom is 0.0991 e. The van der Waals surface area contributed by atoms with E-state index in [2.05, 4.69) is 0 Å². The number of hydrogen-bond donors (Lipinski definition) is 1. The highest BCUT2D eigenvalue weighted by molar-refractivity contribution is 7.85. The van der Waals surface area contributed by atoms with Crippen LogP contribution in [-0.4, -0.2) is 9.32 Å². The number of benzene rings is 2. The molecular formula is C14H11NO2S. The van der Waals surface area contributed by atoms with Crippen molar-refractivity contribution in [2.24, 2.45) is 0 Å². The second-order valence-electron chi connectivity index (χ2n) is 3.71. The first-order chi connectivity index (χ1) is 8.74. The third kappa shape index (κ3) is 2.65. The van der Waals surface area contributed by atoms with Crippen molar-refractivity contribution < 1.29 is 9.32 Å². The SMILES string of the molecule is N#Cc1ccc([S@@](=O)c2ccc(CO)cc2)cc1. The second kappa shape index (κ2) is 5.58. The van der Waals surface area contributed by atoms with Crippen LogP contribution in [0.1, 0.15) is 11.1 Å². The smallest absolute Gasteiger partial charge is 0.0991 e. The molecule has 4 heteroatoms. The van der Waals surface area contributed by atoms with Gasteiger partial charge < -0.3 is 5.11 Å². The van der Waals surface area contributed by atoms with E-state index in [9.17, 15) is 4.21 Å². The van der Waals surface area contributed by atoms with Gasteiger partial charge in [-0.1, -0.05) is 12.1 Å². The standard InChI is InChI=1S/C14H11NO2S/c15-9-11-1-5-13(6-2-11)18(17)14-7-3-12(10-16)4-8-14/h1-8,16H,10H2/t18-/m1/s1. The van der Waals surface area contributed by atoms with Gasteiger partial charge in [0.2, 0.25) is 0 Å². The molecule has 1 atom stereocenters. The lowest BCUT2D eigenvalue weighted by atomic mass is 10.2. The van der Waals surface area contributed by atoms with Gasteiger partial charge in [-0.15, -0.1) is 0 Å². The highest BCUT2D eigenvalue weighted by Crippen LogP contribution is 2.17. The van der Waals surface area contributed by atoms with Crippen LogP contribution in [-0.2, 0) is 17.4 Å². The van der Waals surface area contributed by atoms with Crippen LogP contribution in [0.15, 0.2) is 58.3 Å². The second-order valence-corrected chi connectivity index (χ2v) is 5.19. The largest absolute Gasteiger partial charge is 0.392 e. The highest BCUT2D eigenvalue weighted by atomic mass is 32.2. The van der Waals surface area contributed by atoms with Gasteiger partial charge in [0.05, 0.1) is 29.0 Å². The molecule has 0 aliphatic rings. The highest BCUT2D eigenvalue weighted by Gasteiger charge is 2.06. The van der Waals surface area contributed by atoms with E-state index >= 15 is 0 Å². The maximum absolute atomic E-state index is 12.2. The van der Waals surface area contributed by atoms with Crippen LogP contribution in [0.2, 0.25) is 0 Å². The van der Waals surface area contributed by atoms with Crippen molar-refractivity contribution >= 4 is 10.8 Å². The molecule has 0 aromatic heterocycles. The zero-order chi connectivity index (χ0) is 13.0. The molecule has 0 aliphatic carbocycles. The molecule has 0 fully saturated rings. The van der Waals surface area contributed by atoms with E-state index in [0.717, 1.165) is 5.56 Å². The number of nitrogens with zero attached hydrogens (tertiary/aromatic N) is 1. The third-order valence-corrected chi connectivity index (χ3v) is 3.92. The summed E-state index contributed by atoms with van der Waals surface area (Å²) in [5, 5.41) is 17.6. The van der Waals surface area contributed by atoms with Gasteiger partial charge in [0.1, 0.15) is 0 Å². The van der Waals surface area contributed by atoms with Crippen molar-refractivity contribution in [1.29, 1.82) is 5.26 Å². The first-order valence-electron chi connectivity index (χ1n) is 5.36. The number of nitriles is 1. The van der Waals surface area contributed by atoms with E-state index in [0.29, 0.717) is 15.4 Å². The summed E-state index contributed by atoms with van der Waals surface area (Å²) in [5.41, 5.74) is 1.34. The van der Waals surface area contributed by atoms with Crippen molar-refractivity contribution in [3.05, 3.63) is 59.7 Å². The molecule has 0 bridgehead atoms. The van der Waals surface area contributed by atoms with Crippen LogP contribution in [0.3, 0.4) is 0 Å².